The van der Waals surface area contributed by atoms with Crippen LogP contribution in [-0.2, 0) is 13.0 Å². The second kappa shape index (κ2) is 10.9. The Kier molecular flexibility index (Phi) is 7.84. The molecule has 2 saturated carbocycles. The summed E-state index contributed by atoms with van der Waals surface area (Å²) in [5.41, 5.74) is 3.88. The third kappa shape index (κ3) is 5.05. The molecule has 3 heteroatoms. The first kappa shape index (κ1) is 25.2. The highest BCUT2D eigenvalue weighted by Crippen LogP contribution is 2.64. The lowest BCUT2D eigenvalue weighted by Gasteiger charge is -2.53. The summed E-state index contributed by atoms with van der Waals surface area (Å²) in [7, 11) is 0. The Hall–Kier alpha value is -1.45. The number of aliphatic hydroxyl groups is 1. The van der Waals surface area contributed by atoms with Crippen molar-refractivity contribution in [3.05, 3.63) is 65.2 Å². The monoisotopic (exact) mass is 492 g/mol. The molecule has 3 aliphatic carbocycles. The van der Waals surface area contributed by atoms with E-state index in [9.17, 15) is 5.11 Å². The molecule has 2 aromatic carbocycles. The maximum atomic E-state index is 11.9. The fourth-order valence-electron chi connectivity index (χ4n) is 7.61. The molecule has 2 nitrogen and oxygen atoms in total. The molecule has 35 heavy (non-hydrogen) atoms. The van der Waals surface area contributed by atoms with Gasteiger partial charge in [0, 0.05) is 11.2 Å². The SMILES string of the molecule is CCCCCCSC[C@]1(O)CC[C@H]2[C@@H]3CCc4cc(OCc5ccccc5)ccc4[C@H]3CC[C@@]21C. The van der Waals surface area contributed by atoms with E-state index in [1.165, 1.54) is 61.8 Å². The van der Waals surface area contributed by atoms with E-state index in [4.69, 9.17) is 4.74 Å². The molecule has 0 amide bonds. The fourth-order valence-corrected chi connectivity index (χ4v) is 8.97. The number of rotatable bonds is 10. The van der Waals surface area contributed by atoms with Crippen LogP contribution in [0.1, 0.15) is 94.2 Å². The molecule has 0 bridgehead atoms. The normalized spacial score (nSPS) is 31.5. The van der Waals surface area contributed by atoms with Crippen molar-refractivity contribution in [2.75, 3.05) is 11.5 Å². The van der Waals surface area contributed by atoms with E-state index < -0.39 is 5.60 Å². The van der Waals surface area contributed by atoms with E-state index in [0.717, 1.165) is 36.7 Å². The van der Waals surface area contributed by atoms with Gasteiger partial charge in [-0.1, -0.05) is 69.5 Å². The second-order valence-electron chi connectivity index (χ2n) is 11.7. The summed E-state index contributed by atoms with van der Waals surface area (Å²) < 4.78 is 6.14. The summed E-state index contributed by atoms with van der Waals surface area (Å²) in [5, 5.41) is 11.9. The first-order chi connectivity index (χ1) is 17.0. The molecule has 0 aliphatic heterocycles. The Morgan fingerprint density at radius 2 is 1.86 bits per heavy atom. The van der Waals surface area contributed by atoms with E-state index in [1.807, 2.05) is 17.8 Å². The average molecular weight is 493 g/mol. The van der Waals surface area contributed by atoms with Crippen molar-refractivity contribution in [3.63, 3.8) is 0 Å². The highest BCUT2D eigenvalue weighted by atomic mass is 32.2. The van der Waals surface area contributed by atoms with Gasteiger partial charge in [0.1, 0.15) is 12.4 Å². The van der Waals surface area contributed by atoms with Crippen LogP contribution in [0.25, 0.3) is 0 Å². The first-order valence-corrected chi connectivity index (χ1v) is 15.3. The van der Waals surface area contributed by atoms with Gasteiger partial charge in [-0.2, -0.15) is 11.8 Å². The second-order valence-corrected chi connectivity index (χ2v) is 12.8. The molecule has 0 radical (unpaired) electrons. The number of fused-ring (bicyclic) bond motifs is 5. The maximum Gasteiger partial charge on any atom is 0.120 e. The molecular formula is C32H44O2S. The lowest BCUT2D eigenvalue weighted by atomic mass is 9.53. The zero-order valence-corrected chi connectivity index (χ0v) is 22.6. The minimum Gasteiger partial charge on any atom is -0.489 e. The molecule has 1 N–H and O–H groups in total. The van der Waals surface area contributed by atoms with Crippen molar-refractivity contribution >= 4 is 11.8 Å². The number of thioether (sulfide) groups is 1. The number of unbranched alkanes of at least 4 members (excludes halogenated alkanes) is 3. The van der Waals surface area contributed by atoms with Crippen LogP contribution in [0.4, 0.5) is 0 Å². The van der Waals surface area contributed by atoms with Crippen LogP contribution >= 0.6 is 11.8 Å². The predicted octanol–water partition coefficient (Wildman–Crippen LogP) is 8.17. The summed E-state index contributed by atoms with van der Waals surface area (Å²) in [5.74, 6) is 5.18. The van der Waals surface area contributed by atoms with Gasteiger partial charge in [-0.25, -0.2) is 0 Å². The fraction of sp³-hybridized carbons (Fsp3) is 0.625. The zero-order valence-electron chi connectivity index (χ0n) is 21.8. The van der Waals surface area contributed by atoms with Crippen molar-refractivity contribution < 1.29 is 9.84 Å². The van der Waals surface area contributed by atoms with Gasteiger partial charge in [-0.3, -0.25) is 0 Å². The summed E-state index contributed by atoms with van der Waals surface area (Å²) in [4.78, 5) is 0. The Morgan fingerprint density at radius 1 is 1.00 bits per heavy atom. The summed E-state index contributed by atoms with van der Waals surface area (Å²) in [6, 6.07) is 17.3. The van der Waals surface area contributed by atoms with Gasteiger partial charge in [0.15, 0.2) is 0 Å². The van der Waals surface area contributed by atoms with Crippen molar-refractivity contribution in [1.82, 2.24) is 0 Å². The van der Waals surface area contributed by atoms with E-state index in [0.29, 0.717) is 18.4 Å². The van der Waals surface area contributed by atoms with Crippen LogP contribution in [0.15, 0.2) is 48.5 Å². The topological polar surface area (TPSA) is 29.5 Å². The number of benzene rings is 2. The molecule has 5 rings (SSSR count). The van der Waals surface area contributed by atoms with Gasteiger partial charge < -0.3 is 9.84 Å². The van der Waals surface area contributed by atoms with Crippen LogP contribution in [0.2, 0.25) is 0 Å². The lowest BCUT2D eigenvalue weighted by molar-refractivity contribution is -0.0868. The molecule has 5 atom stereocenters. The lowest BCUT2D eigenvalue weighted by Crippen LogP contribution is -2.52. The molecule has 2 aromatic rings. The van der Waals surface area contributed by atoms with Crippen LogP contribution in [-0.4, -0.2) is 22.2 Å². The number of hydrogen-bond donors (Lipinski definition) is 1. The van der Waals surface area contributed by atoms with Gasteiger partial charge in [-0.05, 0) is 97.3 Å². The Labute approximate surface area is 217 Å². The number of hydrogen-bond acceptors (Lipinski definition) is 3. The van der Waals surface area contributed by atoms with Gasteiger partial charge in [0.25, 0.3) is 0 Å². The maximum absolute atomic E-state index is 11.9. The van der Waals surface area contributed by atoms with E-state index in [-0.39, 0.29) is 5.41 Å². The third-order valence-electron chi connectivity index (χ3n) is 9.75. The van der Waals surface area contributed by atoms with Crippen molar-refractivity contribution in [1.29, 1.82) is 0 Å². The van der Waals surface area contributed by atoms with E-state index in [1.54, 1.807) is 5.56 Å². The molecular weight excluding hydrogens is 448 g/mol. The standard InChI is InChI=1S/C32H44O2S/c1-3-4-5-9-20-35-23-32(33)19-17-30-29-14-12-25-21-26(34-22-24-10-7-6-8-11-24)13-15-27(25)28(29)16-18-31(30,32)2/h6-8,10-11,13,15,21,28-30,33H,3-5,9,12,14,16-20,22-23H2,1-2H3/t28-,29-,30+,31+,32-/m1/s1. The van der Waals surface area contributed by atoms with Crippen LogP contribution < -0.4 is 4.74 Å². The van der Waals surface area contributed by atoms with Gasteiger partial charge in [-0.15, -0.1) is 0 Å². The predicted molar refractivity (Wildman–Crippen MR) is 148 cm³/mol. The van der Waals surface area contributed by atoms with Crippen molar-refractivity contribution in [2.24, 2.45) is 17.3 Å². The Bertz CT molecular complexity index is 975. The first-order valence-electron chi connectivity index (χ1n) is 14.1. The minimum absolute atomic E-state index is 0.0842. The van der Waals surface area contributed by atoms with E-state index >= 15 is 0 Å². The minimum atomic E-state index is -0.479. The molecule has 0 aromatic heterocycles. The van der Waals surface area contributed by atoms with E-state index in [2.05, 4.69) is 56.3 Å². The van der Waals surface area contributed by atoms with Gasteiger partial charge in [0.05, 0.1) is 5.60 Å². The molecule has 2 fully saturated rings. The molecule has 0 heterocycles. The highest BCUT2D eigenvalue weighted by molar-refractivity contribution is 7.99. The van der Waals surface area contributed by atoms with Crippen molar-refractivity contribution in [3.8, 4) is 5.75 Å². The molecule has 0 unspecified atom stereocenters. The van der Waals surface area contributed by atoms with Crippen LogP contribution in [0.5, 0.6) is 5.75 Å². The molecule has 190 valence electrons. The largest absolute Gasteiger partial charge is 0.489 e. The highest BCUT2D eigenvalue weighted by Gasteiger charge is 2.61. The summed E-state index contributed by atoms with van der Waals surface area (Å²) >= 11 is 2.01. The van der Waals surface area contributed by atoms with Crippen molar-refractivity contribution in [2.45, 2.75) is 96.2 Å². The zero-order chi connectivity index (χ0) is 24.3. The summed E-state index contributed by atoms with van der Waals surface area (Å²) in [6.07, 6.45) is 12.3. The molecule has 0 spiro atoms. The smallest absolute Gasteiger partial charge is 0.120 e. The number of aryl methyl sites for hydroxylation is 1. The Balaban J connectivity index is 1.23. The molecule has 0 saturated heterocycles. The molecule has 3 aliphatic rings. The number of ether oxygens (including phenoxy) is 1. The van der Waals surface area contributed by atoms with Gasteiger partial charge in [0.2, 0.25) is 0 Å². The average Bonchev–Trinajstić information content (AvgIpc) is 3.15. The van der Waals surface area contributed by atoms with Gasteiger partial charge >= 0.3 is 0 Å². The Morgan fingerprint density at radius 3 is 2.69 bits per heavy atom. The van der Waals surface area contributed by atoms with Crippen LogP contribution in [0.3, 0.4) is 0 Å². The third-order valence-corrected chi connectivity index (χ3v) is 11.0. The quantitative estimate of drug-likeness (QED) is 0.339. The summed E-state index contributed by atoms with van der Waals surface area (Å²) in [6.45, 7) is 5.34. The van der Waals surface area contributed by atoms with Crippen LogP contribution in [0, 0.1) is 17.3 Å².